The molecule has 0 spiro atoms. The Labute approximate surface area is 70.3 Å². The van der Waals surface area contributed by atoms with E-state index in [1.807, 2.05) is 6.92 Å². The molecule has 1 rings (SSSR count). The largest absolute Gasteiger partial charge is 0.401 e. The lowest BCUT2D eigenvalue weighted by molar-refractivity contribution is -0.126. The molecule has 1 saturated carbocycles. The quantitative estimate of drug-likeness (QED) is 0.689. The molecule has 0 aromatic heterocycles. The number of hydrogen-bond acceptors (Lipinski definition) is 1. The van der Waals surface area contributed by atoms with Crippen LogP contribution in [0.1, 0.15) is 26.2 Å². The topological polar surface area (TPSA) is 12.0 Å². The van der Waals surface area contributed by atoms with E-state index in [1.165, 1.54) is 0 Å². The average Bonchev–Trinajstić information content (AvgIpc) is 2.29. The third-order valence-corrected chi connectivity index (χ3v) is 2.43. The van der Waals surface area contributed by atoms with E-state index in [-0.39, 0.29) is 6.04 Å². The van der Waals surface area contributed by atoms with Crippen molar-refractivity contribution < 1.29 is 13.2 Å². The Morgan fingerprint density at radius 3 is 2.42 bits per heavy atom. The van der Waals surface area contributed by atoms with Crippen LogP contribution in [0.2, 0.25) is 0 Å². The highest BCUT2D eigenvalue weighted by molar-refractivity contribution is 4.80. The lowest BCUT2D eigenvalue weighted by Crippen LogP contribution is -2.38. The number of alkyl halides is 3. The van der Waals surface area contributed by atoms with Gasteiger partial charge < -0.3 is 5.32 Å². The zero-order valence-electron chi connectivity index (χ0n) is 7.12. The van der Waals surface area contributed by atoms with Gasteiger partial charge in [-0.1, -0.05) is 13.3 Å². The highest BCUT2D eigenvalue weighted by atomic mass is 19.4. The summed E-state index contributed by atoms with van der Waals surface area (Å²) in [4.78, 5) is 0. The monoisotopic (exact) mass is 181 g/mol. The Hall–Kier alpha value is -0.250. The summed E-state index contributed by atoms with van der Waals surface area (Å²) < 4.78 is 35.3. The van der Waals surface area contributed by atoms with E-state index < -0.39 is 12.7 Å². The number of rotatable bonds is 2. The summed E-state index contributed by atoms with van der Waals surface area (Å²) in [5, 5.41) is 2.55. The zero-order valence-corrected chi connectivity index (χ0v) is 7.12. The fourth-order valence-electron chi connectivity index (χ4n) is 1.70. The van der Waals surface area contributed by atoms with Crippen molar-refractivity contribution in [1.29, 1.82) is 0 Å². The van der Waals surface area contributed by atoms with Crippen molar-refractivity contribution in [3.63, 3.8) is 0 Å². The van der Waals surface area contributed by atoms with Crippen molar-refractivity contribution in [2.24, 2.45) is 5.92 Å². The minimum atomic E-state index is -4.07. The Morgan fingerprint density at radius 1 is 1.33 bits per heavy atom. The molecule has 1 aliphatic carbocycles. The molecule has 0 amide bonds. The van der Waals surface area contributed by atoms with Crippen molar-refractivity contribution in [3.05, 3.63) is 0 Å². The SMILES string of the molecule is CC1CCCC1NCC(F)(F)F. The van der Waals surface area contributed by atoms with Gasteiger partial charge in [-0.25, -0.2) is 0 Å². The predicted molar refractivity (Wildman–Crippen MR) is 40.9 cm³/mol. The van der Waals surface area contributed by atoms with Crippen LogP contribution >= 0.6 is 0 Å². The first-order chi connectivity index (χ1) is 5.49. The van der Waals surface area contributed by atoms with Gasteiger partial charge >= 0.3 is 6.18 Å². The zero-order chi connectivity index (χ0) is 9.19. The van der Waals surface area contributed by atoms with Crippen LogP contribution in [0.15, 0.2) is 0 Å². The summed E-state index contributed by atoms with van der Waals surface area (Å²) in [6.07, 6.45) is -1.08. The lowest BCUT2D eigenvalue weighted by atomic mass is 10.1. The van der Waals surface area contributed by atoms with Crippen LogP contribution in [0, 0.1) is 5.92 Å². The van der Waals surface area contributed by atoms with E-state index in [9.17, 15) is 13.2 Å². The molecule has 4 heteroatoms. The number of halogens is 3. The molecule has 0 saturated heterocycles. The summed E-state index contributed by atoms with van der Waals surface area (Å²) in [5.41, 5.74) is 0. The molecular formula is C8H14F3N. The second-order valence-corrected chi connectivity index (χ2v) is 3.51. The van der Waals surface area contributed by atoms with E-state index >= 15 is 0 Å². The normalized spacial score (nSPS) is 31.0. The lowest BCUT2D eigenvalue weighted by Gasteiger charge is -2.18. The maximum atomic E-state index is 11.8. The van der Waals surface area contributed by atoms with Crippen LogP contribution < -0.4 is 5.32 Å². The van der Waals surface area contributed by atoms with Gasteiger partial charge in [0.2, 0.25) is 0 Å². The van der Waals surface area contributed by atoms with E-state index in [4.69, 9.17) is 0 Å². The van der Waals surface area contributed by atoms with Crippen molar-refractivity contribution in [3.8, 4) is 0 Å². The summed E-state index contributed by atoms with van der Waals surface area (Å²) in [7, 11) is 0. The van der Waals surface area contributed by atoms with Gasteiger partial charge in [-0.05, 0) is 18.8 Å². The average molecular weight is 181 g/mol. The summed E-state index contributed by atoms with van der Waals surface area (Å²) in [6.45, 7) is 1.16. The van der Waals surface area contributed by atoms with E-state index in [0.717, 1.165) is 19.3 Å². The Kier molecular flexibility index (Phi) is 2.99. The standard InChI is InChI=1S/C8H14F3N/c1-6-3-2-4-7(6)12-5-8(9,10)11/h6-7,12H,2-5H2,1H3. The van der Waals surface area contributed by atoms with Crippen molar-refractivity contribution >= 4 is 0 Å². The van der Waals surface area contributed by atoms with Crippen molar-refractivity contribution in [2.75, 3.05) is 6.54 Å². The molecule has 0 bridgehead atoms. The molecule has 2 atom stereocenters. The Morgan fingerprint density at radius 2 is 2.00 bits per heavy atom. The molecule has 1 aliphatic rings. The molecule has 1 fully saturated rings. The van der Waals surface area contributed by atoms with Gasteiger partial charge in [-0.3, -0.25) is 0 Å². The molecule has 12 heavy (non-hydrogen) atoms. The first-order valence-corrected chi connectivity index (χ1v) is 4.29. The number of nitrogens with one attached hydrogen (secondary N) is 1. The first kappa shape index (κ1) is 9.84. The third kappa shape index (κ3) is 3.01. The van der Waals surface area contributed by atoms with Crippen LogP contribution in [0.5, 0.6) is 0 Å². The van der Waals surface area contributed by atoms with Gasteiger partial charge in [0.15, 0.2) is 0 Å². The fraction of sp³-hybridized carbons (Fsp3) is 1.00. The van der Waals surface area contributed by atoms with Gasteiger partial charge in [0.25, 0.3) is 0 Å². The van der Waals surface area contributed by atoms with E-state index in [0.29, 0.717) is 5.92 Å². The summed E-state index contributed by atoms with van der Waals surface area (Å²) in [5.74, 6) is 0.396. The van der Waals surface area contributed by atoms with Crippen LogP contribution in [-0.2, 0) is 0 Å². The maximum Gasteiger partial charge on any atom is 0.401 e. The summed E-state index contributed by atoms with van der Waals surface area (Å²) in [6, 6.07) is 0.0756. The highest BCUT2D eigenvalue weighted by Gasteiger charge is 2.30. The van der Waals surface area contributed by atoms with Crippen LogP contribution in [0.3, 0.4) is 0 Å². The van der Waals surface area contributed by atoms with Crippen LogP contribution in [0.4, 0.5) is 13.2 Å². The van der Waals surface area contributed by atoms with Gasteiger partial charge in [0.1, 0.15) is 0 Å². The molecular weight excluding hydrogens is 167 g/mol. The third-order valence-electron chi connectivity index (χ3n) is 2.43. The van der Waals surface area contributed by atoms with Crippen LogP contribution in [-0.4, -0.2) is 18.8 Å². The van der Waals surface area contributed by atoms with E-state index in [1.54, 1.807) is 0 Å². The highest BCUT2D eigenvalue weighted by Crippen LogP contribution is 2.25. The molecule has 72 valence electrons. The number of hydrogen-bond donors (Lipinski definition) is 1. The Bertz CT molecular complexity index is 144. The second-order valence-electron chi connectivity index (χ2n) is 3.51. The maximum absolute atomic E-state index is 11.8. The molecule has 0 aromatic carbocycles. The second kappa shape index (κ2) is 3.64. The molecule has 0 aliphatic heterocycles. The smallest absolute Gasteiger partial charge is 0.306 e. The minimum absolute atomic E-state index is 0.0756. The van der Waals surface area contributed by atoms with Gasteiger partial charge in [0, 0.05) is 6.04 Å². The molecule has 1 N–H and O–H groups in total. The molecule has 2 unspecified atom stereocenters. The van der Waals surface area contributed by atoms with Gasteiger partial charge in [0.05, 0.1) is 6.54 Å². The molecule has 1 nitrogen and oxygen atoms in total. The fourth-order valence-corrected chi connectivity index (χ4v) is 1.70. The molecule has 0 heterocycles. The summed E-state index contributed by atoms with van der Waals surface area (Å²) >= 11 is 0. The van der Waals surface area contributed by atoms with Crippen molar-refractivity contribution in [2.45, 2.75) is 38.4 Å². The first-order valence-electron chi connectivity index (χ1n) is 4.29. The van der Waals surface area contributed by atoms with Crippen LogP contribution in [0.25, 0.3) is 0 Å². The minimum Gasteiger partial charge on any atom is -0.306 e. The van der Waals surface area contributed by atoms with Crippen molar-refractivity contribution in [1.82, 2.24) is 5.32 Å². The molecule has 0 radical (unpaired) electrons. The van der Waals surface area contributed by atoms with Gasteiger partial charge in [-0.2, -0.15) is 13.2 Å². The molecule has 0 aromatic rings. The van der Waals surface area contributed by atoms with E-state index in [2.05, 4.69) is 5.32 Å². The predicted octanol–water partition coefficient (Wildman–Crippen LogP) is 2.33. The Balaban J connectivity index is 2.23. The van der Waals surface area contributed by atoms with Gasteiger partial charge in [-0.15, -0.1) is 0 Å².